The molecular formula is H24N12Sn6. The second kappa shape index (κ2) is 82.7. The van der Waals surface area contributed by atoms with Crippen LogP contribution in [0.3, 0.4) is 0 Å². The van der Waals surface area contributed by atoms with Crippen molar-refractivity contribution in [1.82, 2.24) is 0 Å². The third-order valence-electron chi connectivity index (χ3n) is 0. The predicted molar refractivity (Wildman–Crippen MR) is 84.8 cm³/mol. The van der Waals surface area contributed by atoms with Crippen LogP contribution in [-0.2, 0) is 0 Å². The monoisotopic (exact) mass is 912 g/mol. The van der Waals surface area contributed by atoms with Crippen LogP contribution >= 0.6 is 0 Å². The summed E-state index contributed by atoms with van der Waals surface area (Å²) in [7, 11) is 0. The summed E-state index contributed by atoms with van der Waals surface area (Å²) in [6, 6.07) is 0. The maximum absolute atomic E-state index is 4.80. The van der Waals surface area contributed by atoms with Gasteiger partial charge in [-0.05, 0) is 0 Å². The topological polar surface area (TPSA) is 312 Å². The third-order valence-corrected chi connectivity index (χ3v) is 0. The SMILES string of the molecule is [NH2][Sn][NH2].[NH2][Sn][NH2].[NH2][Sn][NH2].[NH2][Sn][NH2].[NH2][Sn][NH2].[NH2][Sn][NH2]. The Bertz CT molecular complexity index is 32.0. The van der Waals surface area contributed by atoms with E-state index >= 15 is 0 Å². The summed E-state index contributed by atoms with van der Waals surface area (Å²) in [5, 5.41) is 0. The molecule has 0 atom stereocenters. The molecule has 0 saturated carbocycles. The molecular weight excluding hydrogens is 880 g/mol. The number of nitrogens with two attached hydrogens (primary N) is 12. The van der Waals surface area contributed by atoms with Crippen molar-refractivity contribution in [2.24, 2.45) is 47.5 Å². The molecule has 0 saturated heterocycles. The summed E-state index contributed by atoms with van der Waals surface area (Å²) in [4.78, 5) is 0. The Labute approximate surface area is 174 Å². The molecule has 0 rings (SSSR count). The van der Waals surface area contributed by atoms with Crippen molar-refractivity contribution in [2.75, 3.05) is 0 Å². The summed E-state index contributed by atoms with van der Waals surface area (Å²) in [6.45, 7) is 0. The van der Waals surface area contributed by atoms with Crippen LogP contribution in [0, 0.1) is 0 Å². The number of rotatable bonds is 0. The molecule has 0 aromatic heterocycles. The Morgan fingerprint density at radius 2 is 0.222 bits per heavy atom. The zero-order valence-corrected chi connectivity index (χ0v) is 27.1. The summed E-state index contributed by atoms with van der Waals surface area (Å²) >= 11 is -4.62. The van der Waals surface area contributed by atoms with Crippen LogP contribution in [0.2, 0.25) is 0 Å². The van der Waals surface area contributed by atoms with E-state index < -0.39 is 130 Å². The van der Waals surface area contributed by atoms with Gasteiger partial charge in [0.15, 0.2) is 0 Å². The van der Waals surface area contributed by atoms with Crippen molar-refractivity contribution >= 4 is 130 Å². The van der Waals surface area contributed by atoms with E-state index in [1.54, 1.807) is 0 Å². The van der Waals surface area contributed by atoms with E-state index in [0.29, 0.717) is 0 Å². The van der Waals surface area contributed by atoms with E-state index in [1.807, 2.05) is 0 Å². The van der Waals surface area contributed by atoms with Gasteiger partial charge < -0.3 is 0 Å². The van der Waals surface area contributed by atoms with Crippen molar-refractivity contribution < 1.29 is 0 Å². The fourth-order valence-electron chi connectivity index (χ4n) is 0. The Hall–Kier alpha value is 4.31. The molecule has 12 radical (unpaired) electrons. The van der Waals surface area contributed by atoms with Gasteiger partial charge in [0.25, 0.3) is 0 Å². The minimum absolute atomic E-state index is 0.770. The number of hydrogen-bond acceptors (Lipinski definition) is 12. The fraction of sp³-hybridized carbons (Fsp3) is 0. The Balaban J connectivity index is -0.0000000240. The number of hydrogen-bond donors (Lipinski definition) is 12. The summed E-state index contributed by atoms with van der Waals surface area (Å²) < 4.78 is 57.5. The van der Waals surface area contributed by atoms with Gasteiger partial charge in [-0.15, -0.1) is 0 Å². The molecule has 0 spiro atoms. The third kappa shape index (κ3) is 407. The fourth-order valence-corrected chi connectivity index (χ4v) is 0. The van der Waals surface area contributed by atoms with Gasteiger partial charge in [-0.3, -0.25) is 0 Å². The van der Waals surface area contributed by atoms with E-state index in [0.717, 1.165) is 0 Å². The van der Waals surface area contributed by atoms with Gasteiger partial charge in [0.1, 0.15) is 0 Å². The van der Waals surface area contributed by atoms with Crippen LogP contribution in [0.5, 0.6) is 0 Å². The molecule has 0 fully saturated rings. The second-order valence-corrected chi connectivity index (χ2v) is 6.71. The first kappa shape index (κ1) is 38.1. The van der Waals surface area contributed by atoms with Crippen molar-refractivity contribution in [3.63, 3.8) is 0 Å². The Morgan fingerprint density at radius 3 is 0.222 bits per heavy atom. The first-order valence-corrected chi connectivity index (χ1v) is 23.2. The van der Waals surface area contributed by atoms with E-state index in [2.05, 4.69) is 0 Å². The summed E-state index contributed by atoms with van der Waals surface area (Å²) in [5.74, 6) is 0. The molecule has 0 aliphatic carbocycles. The van der Waals surface area contributed by atoms with Crippen LogP contribution in [0.1, 0.15) is 0 Å². The molecule has 24 N–H and O–H groups in total. The molecule has 0 amide bonds. The van der Waals surface area contributed by atoms with E-state index in [-0.39, 0.29) is 0 Å². The maximum atomic E-state index is 4.80. The van der Waals surface area contributed by atoms with E-state index in [9.17, 15) is 0 Å². The van der Waals surface area contributed by atoms with Gasteiger partial charge in [0.2, 0.25) is 0 Å². The van der Waals surface area contributed by atoms with Gasteiger partial charge in [-0.2, -0.15) is 0 Å². The normalized spacial score (nSPS) is 6.00. The molecule has 18 heavy (non-hydrogen) atoms. The molecule has 0 aliphatic rings. The Morgan fingerprint density at radius 1 is 0.222 bits per heavy atom. The van der Waals surface area contributed by atoms with Gasteiger partial charge in [0, 0.05) is 0 Å². The molecule has 0 aromatic carbocycles. The first-order valence-electron chi connectivity index (χ1n) is 3.46. The first-order chi connectivity index (χ1) is 8.49. The van der Waals surface area contributed by atoms with Crippen LogP contribution in [-0.4, -0.2) is 130 Å². The zero-order chi connectivity index (χ0) is 16.2. The molecule has 108 valence electrons. The van der Waals surface area contributed by atoms with Gasteiger partial charge >= 0.3 is 178 Å². The van der Waals surface area contributed by atoms with Crippen LogP contribution in [0.15, 0.2) is 0 Å². The standard InChI is InChI=1S/12H2N.6Sn/h12*1H2;;;;;;/q12*-1;6*+2. The van der Waals surface area contributed by atoms with E-state index in [4.69, 9.17) is 47.5 Å². The predicted octanol–water partition coefficient (Wildman–Crippen LogP) is -9.37. The average Bonchev–Trinajstić information content (AvgIpc) is 2.23. The van der Waals surface area contributed by atoms with Crippen molar-refractivity contribution in [3.8, 4) is 0 Å². The van der Waals surface area contributed by atoms with Crippen LogP contribution < -0.4 is 47.5 Å². The van der Waals surface area contributed by atoms with Gasteiger partial charge in [-0.1, -0.05) is 0 Å². The average molecular weight is 905 g/mol. The molecule has 0 aliphatic heterocycles. The molecule has 0 bridgehead atoms. The zero-order valence-electron chi connectivity index (χ0n) is 9.93. The molecule has 12 nitrogen and oxygen atoms in total. The minimum atomic E-state index is -0.770. The molecule has 0 unspecified atom stereocenters. The van der Waals surface area contributed by atoms with Gasteiger partial charge in [0.05, 0.1) is 0 Å². The second-order valence-electron chi connectivity index (χ2n) is 1.00. The molecule has 0 aromatic rings. The molecule has 0 heterocycles. The van der Waals surface area contributed by atoms with Crippen molar-refractivity contribution in [2.45, 2.75) is 0 Å². The summed E-state index contributed by atoms with van der Waals surface area (Å²) in [6.07, 6.45) is 0. The quantitative estimate of drug-likeness (QED) is 0.101. The Kier molecular flexibility index (Phi) is 175. The van der Waals surface area contributed by atoms with E-state index in [1.165, 1.54) is 0 Å². The van der Waals surface area contributed by atoms with Crippen LogP contribution in [0.25, 0.3) is 0 Å². The van der Waals surface area contributed by atoms with Crippen molar-refractivity contribution in [3.05, 3.63) is 0 Å². The van der Waals surface area contributed by atoms with Crippen molar-refractivity contribution in [1.29, 1.82) is 0 Å². The summed E-state index contributed by atoms with van der Waals surface area (Å²) in [5.41, 5.74) is 0. The van der Waals surface area contributed by atoms with Gasteiger partial charge in [-0.25, -0.2) is 0 Å². The molecule has 18 heteroatoms. The van der Waals surface area contributed by atoms with Crippen LogP contribution in [0.4, 0.5) is 0 Å².